The van der Waals surface area contributed by atoms with Crippen LogP contribution >= 0.6 is 11.3 Å². The van der Waals surface area contributed by atoms with Gasteiger partial charge in [-0.2, -0.15) is 0 Å². The van der Waals surface area contributed by atoms with Crippen LogP contribution in [0.1, 0.15) is 41.8 Å². The normalized spacial score (nSPS) is 17.2. The first-order chi connectivity index (χ1) is 10.2. The molecule has 0 aromatic carbocycles. The van der Waals surface area contributed by atoms with E-state index < -0.39 is 0 Å². The van der Waals surface area contributed by atoms with E-state index in [1.807, 2.05) is 5.38 Å². The second kappa shape index (κ2) is 7.56. The van der Waals surface area contributed by atoms with Crippen molar-refractivity contribution in [3.63, 3.8) is 0 Å². The summed E-state index contributed by atoms with van der Waals surface area (Å²) in [5, 5.41) is 16.8. The number of carbonyl (C=O) groups excluding carboxylic acids is 2. The van der Waals surface area contributed by atoms with Crippen LogP contribution < -0.4 is 10.6 Å². The Morgan fingerprint density at radius 3 is 2.62 bits per heavy atom. The second-order valence-corrected chi connectivity index (χ2v) is 6.60. The molecule has 1 heterocycles. The number of rotatable bonds is 6. The molecule has 6 heteroatoms. The van der Waals surface area contributed by atoms with Gasteiger partial charge in [0.15, 0.2) is 0 Å². The molecule has 1 fully saturated rings. The number of hydrogen-bond acceptors (Lipinski definition) is 4. The minimum absolute atomic E-state index is 0.0295. The van der Waals surface area contributed by atoms with Gasteiger partial charge in [0.2, 0.25) is 5.91 Å². The third-order valence-electron chi connectivity index (χ3n) is 4.06. The van der Waals surface area contributed by atoms with Gasteiger partial charge in [0.05, 0.1) is 18.0 Å². The third-order valence-corrected chi connectivity index (χ3v) is 4.93. The Balaban J connectivity index is 1.73. The molecule has 0 atom stereocenters. The average molecular weight is 310 g/mol. The summed E-state index contributed by atoms with van der Waals surface area (Å²) in [6.07, 6.45) is 5.31. The monoisotopic (exact) mass is 310 g/mol. The fourth-order valence-electron chi connectivity index (χ4n) is 2.70. The lowest BCUT2D eigenvalue weighted by Gasteiger charge is -2.35. The van der Waals surface area contributed by atoms with Crippen molar-refractivity contribution in [1.82, 2.24) is 10.6 Å². The Labute approximate surface area is 128 Å². The lowest BCUT2D eigenvalue weighted by molar-refractivity contribution is -0.121. The molecule has 0 radical (unpaired) electrons. The van der Waals surface area contributed by atoms with E-state index in [0.717, 1.165) is 25.7 Å². The molecule has 116 valence electrons. The summed E-state index contributed by atoms with van der Waals surface area (Å²) < 4.78 is 0. The fraction of sp³-hybridized carbons (Fsp3) is 0.600. The maximum absolute atomic E-state index is 11.8. The van der Waals surface area contributed by atoms with Gasteiger partial charge in [-0.1, -0.05) is 25.3 Å². The predicted octanol–water partition coefficient (Wildman–Crippen LogP) is 1.54. The van der Waals surface area contributed by atoms with E-state index >= 15 is 0 Å². The summed E-state index contributed by atoms with van der Waals surface area (Å²) in [6, 6.07) is 3.52. The van der Waals surface area contributed by atoms with Gasteiger partial charge in [-0.05, 0) is 24.3 Å². The molecular weight excluding hydrogens is 288 g/mol. The minimum Gasteiger partial charge on any atom is -0.396 e. The lowest BCUT2D eigenvalue weighted by atomic mass is 9.74. The van der Waals surface area contributed by atoms with Crippen molar-refractivity contribution in [3.8, 4) is 0 Å². The molecule has 0 saturated heterocycles. The molecule has 1 aromatic rings. The molecule has 0 spiro atoms. The van der Waals surface area contributed by atoms with Crippen molar-refractivity contribution >= 4 is 23.2 Å². The van der Waals surface area contributed by atoms with E-state index in [-0.39, 0.29) is 30.4 Å². The lowest BCUT2D eigenvalue weighted by Crippen LogP contribution is -2.44. The van der Waals surface area contributed by atoms with Crippen LogP contribution in [-0.2, 0) is 4.79 Å². The van der Waals surface area contributed by atoms with E-state index in [4.69, 9.17) is 0 Å². The second-order valence-electron chi connectivity index (χ2n) is 5.66. The zero-order valence-electron chi connectivity index (χ0n) is 12.1. The van der Waals surface area contributed by atoms with E-state index in [1.54, 1.807) is 12.1 Å². The van der Waals surface area contributed by atoms with Gasteiger partial charge in [0.1, 0.15) is 0 Å². The SMILES string of the molecule is O=C(CNC(=O)c1cccs1)NCC1(CO)CCCCC1. The Morgan fingerprint density at radius 1 is 1.24 bits per heavy atom. The maximum Gasteiger partial charge on any atom is 0.261 e. The third kappa shape index (κ3) is 4.54. The van der Waals surface area contributed by atoms with Crippen LogP contribution in [0.25, 0.3) is 0 Å². The van der Waals surface area contributed by atoms with Crippen LogP contribution in [0.3, 0.4) is 0 Å². The molecule has 5 nitrogen and oxygen atoms in total. The number of hydrogen-bond donors (Lipinski definition) is 3. The fourth-order valence-corrected chi connectivity index (χ4v) is 3.34. The first-order valence-corrected chi connectivity index (χ1v) is 8.22. The van der Waals surface area contributed by atoms with Crippen LogP contribution in [0.15, 0.2) is 17.5 Å². The first kappa shape index (κ1) is 16.0. The first-order valence-electron chi connectivity index (χ1n) is 7.34. The highest BCUT2D eigenvalue weighted by atomic mass is 32.1. The number of aliphatic hydroxyl groups excluding tert-OH is 1. The van der Waals surface area contributed by atoms with Crippen molar-refractivity contribution in [3.05, 3.63) is 22.4 Å². The van der Waals surface area contributed by atoms with Gasteiger partial charge in [0.25, 0.3) is 5.91 Å². The Hall–Kier alpha value is -1.40. The van der Waals surface area contributed by atoms with Crippen LogP contribution in [0.5, 0.6) is 0 Å². The van der Waals surface area contributed by atoms with Crippen molar-refractivity contribution in [2.75, 3.05) is 19.7 Å². The quantitative estimate of drug-likeness (QED) is 0.746. The summed E-state index contributed by atoms with van der Waals surface area (Å²) >= 11 is 1.34. The molecule has 1 saturated carbocycles. The van der Waals surface area contributed by atoms with Gasteiger partial charge in [-0.25, -0.2) is 0 Å². The summed E-state index contributed by atoms with van der Waals surface area (Å²) in [4.78, 5) is 24.1. The summed E-state index contributed by atoms with van der Waals surface area (Å²) in [6.45, 7) is 0.560. The molecule has 0 aliphatic heterocycles. The Bertz CT molecular complexity index is 467. The predicted molar refractivity (Wildman–Crippen MR) is 82.3 cm³/mol. The molecule has 1 aromatic heterocycles. The highest BCUT2D eigenvalue weighted by molar-refractivity contribution is 7.12. The topological polar surface area (TPSA) is 78.4 Å². The zero-order valence-corrected chi connectivity index (χ0v) is 12.9. The summed E-state index contributed by atoms with van der Waals surface area (Å²) in [5.41, 5.74) is -0.175. The van der Waals surface area contributed by atoms with Gasteiger partial charge in [-0.15, -0.1) is 11.3 Å². The van der Waals surface area contributed by atoms with Crippen LogP contribution in [-0.4, -0.2) is 36.6 Å². The molecule has 2 rings (SSSR count). The van der Waals surface area contributed by atoms with Gasteiger partial charge in [0, 0.05) is 12.0 Å². The standard InChI is InChI=1S/C15H22N2O3S/c18-11-15(6-2-1-3-7-15)10-17-13(19)9-16-14(20)12-5-4-8-21-12/h4-5,8,18H,1-3,6-7,9-11H2,(H,16,20)(H,17,19). The van der Waals surface area contributed by atoms with Crippen molar-refractivity contribution < 1.29 is 14.7 Å². The number of aliphatic hydroxyl groups is 1. The van der Waals surface area contributed by atoms with E-state index in [0.29, 0.717) is 11.4 Å². The smallest absolute Gasteiger partial charge is 0.261 e. The van der Waals surface area contributed by atoms with E-state index in [2.05, 4.69) is 10.6 Å². The molecule has 2 amide bonds. The molecule has 1 aliphatic rings. The largest absolute Gasteiger partial charge is 0.396 e. The molecule has 1 aliphatic carbocycles. The molecule has 21 heavy (non-hydrogen) atoms. The van der Waals surface area contributed by atoms with Crippen molar-refractivity contribution in [2.24, 2.45) is 5.41 Å². The van der Waals surface area contributed by atoms with Crippen LogP contribution in [0, 0.1) is 5.41 Å². The highest BCUT2D eigenvalue weighted by Gasteiger charge is 2.31. The van der Waals surface area contributed by atoms with Crippen LogP contribution in [0.4, 0.5) is 0 Å². The Morgan fingerprint density at radius 2 is 2.00 bits per heavy atom. The maximum atomic E-state index is 11.8. The number of thiophene rings is 1. The Kier molecular flexibility index (Phi) is 5.76. The average Bonchev–Trinajstić information content (AvgIpc) is 3.06. The number of carbonyl (C=O) groups is 2. The van der Waals surface area contributed by atoms with Crippen molar-refractivity contribution in [2.45, 2.75) is 32.1 Å². The summed E-state index contributed by atoms with van der Waals surface area (Å²) in [5.74, 6) is -0.437. The van der Waals surface area contributed by atoms with Crippen LogP contribution in [0.2, 0.25) is 0 Å². The van der Waals surface area contributed by atoms with Gasteiger partial charge >= 0.3 is 0 Å². The number of nitrogens with one attached hydrogen (secondary N) is 2. The van der Waals surface area contributed by atoms with E-state index in [1.165, 1.54) is 17.8 Å². The summed E-state index contributed by atoms with van der Waals surface area (Å²) in [7, 11) is 0. The molecule has 0 unspecified atom stereocenters. The van der Waals surface area contributed by atoms with Crippen molar-refractivity contribution in [1.29, 1.82) is 0 Å². The van der Waals surface area contributed by atoms with Gasteiger partial charge in [-0.3, -0.25) is 9.59 Å². The number of amides is 2. The van der Waals surface area contributed by atoms with Gasteiger partial charge < -0.3 is 15.7 Å². The zero-order chi connectivity index (χ0) is 15.1. The highest BCUT2D eigenvalue weighted by Crippen LogP contribution is 2.35. The molecule has 3 N–H and O–H groups in total. The van der Waals surface area contributed by atoms with E-state index in [9.17, 15) is 14.7 Å². The minimum atomic E-state index is -0.227. The molecular formula is C15H22N2O3S. The molecule has 0 bridgehead atoms.